The number of carbonyl (C=O) groups excluding carboxylic acids is 1. The highest BCUT2D eigenvalue weighted by molar-refractivity contribution is 6.04. The Hall–Kier alpha value is -2.63. The molecule has 0 saturated carbocycles. The van der Waals surface area contributed by atoms with Gasteiger partial charge >= 0.3 is 0 Å². The van der Waals surface area contributed by atoms with E-state index in [4.69, 9.17) is 4.74 Å². The highest BCUT2D eigenvalue weighted by Crippen LogP contribution is 2.19. The van der Waals surface area contributed by atoms with Gasteiger partial charge in [0.2, 0.25) is 0 Å². The Labute approximate surface area is 123 Å². The molecule has 1 heterocycles. The lowest BCUT2D eigenvalue weighted by Crippen LogP contribution is -2.27. The molecular weight excluding hydrogens is 268 g/mol. The van der Waals surface area contributed by atoms with Crippen molar-refractivity contribution in [3.8, 4) is 5.75 Å². The monoisotopic (exact) mass is 286 g/mol. The van der Waals surface area contributed by atoms with Gasteiger partial charge in [0.05, 0.1) is 19.5 Å². The summed E-state index contributed by atoms with van der Waals surface area (Å²) in [5.74, 6) is 1.19. The van der Waals surface area contributed by atoms with Gasteiger partial charge in [0, 0.05) is 19.3 Å². The van der Waals surface area contributed by atoms with Crippen LogP contribution in [-0.4, -0.2) is 36.6 Å². The molecule has 0 saturated heterocycles. The number of methoxy groups -OCH3 is 1. The molecule has 0 bridgehead atoms. The first-order valence-corrected chi connectivity index (χ1v) is 6.63. The summed E-state index contributed by atoms with van der Waals surface area (Å²) in [6, 6.07) is 7.24. The molecule has 1 aromatic carbocycles. The van der Waals surface area contributed by atoms with Gasteiger partial charge in [-0.1, -0.05) is 0 Å². The van der Waals surface area contributed by atoms with E-state index in [0.29, 0.717) is 11.5 Å². The van der Waals surface area contributed by atoms with E-state index in [0.717, 1.165) is 18.0 Å². The highest BCUT2D eigenvalue weighted by Gasteiger charge is 2.15. The lowest BCUT2D eigenvalue weighted by molar-refractivity contribution is 0.0988. The zero-order chi connectivity index (χ0) is 15.2. The number of nitrogens with zero attached hydrogens (tertiary/aromatic N) is 3. The van der Waals surface area contributed by atoms with Crippen LogP contribution in [-0.2, 0) is 0 Å². The molecule has 0 spiro atoms. The molecule has 1 N–H and O–H groups in total. The molecule has 0 aliphatic carbocycles. The van der Waals surface area contributed by atoms with E-state index in [2.05, 4.69) is 15.3 Å². The standard InChI is InChI=1S/C15H18N4O2/c1-4-16-14-10-17-13(9-18-14)15(20)19(2)11-5-7-12(21-3)8-6-11/h5-10H,4H2,1-3H3,(H,16,18). The molecule has 0 unspecified atom stereocenters. The highest BCUT2D eigenvalue weighted by atomic mass is 16.5. The van der Waals surface area contributed by atoms with Crippen molar-refractivity contribution >= 4 is 17.4 Å². The van der Waals surface area contributed by atoms with Crippen LogP contribution in [0.2, 0.25) is 0 Å². The molecule has 0 aliphatic rings. The van der Waals surface area contributed by atoms with Crippen LogP contribution in [0.3, 0.4) is 0 Å². The van der Waals surface area contributed by atoms with Crippen molar-refractivity contribution in [1.29, 1.82) is 0 Å². The van der Waals surface area contributed by atoms with Gasteiger partial charge in [-0.15, -0.1) is 0 Å². The maximum atomic E-state index is 12.3. The number of amides is 1. The van der Waals surface area contributed by atoms with Crippen molar-refractivity contribution in [2.75, 3.05) is 30.9 Å². The third-order valence-electron chi connectivity index (χ3n) is 2.99. The fourth-order valence-electron chi connectivity index (χ4n) is 1.81. The molecular formula is C15H18N4O2. The Morgan fingerprint density at radius 2 is 1.95 bits per heavy atom. The molecule has 110 valence electrons. The Kier molecular flexibility index (Phi) is 4.71. The second-order valence-corrected chi connectivity index (χ2v) is 4.38. The maximum absolute atomic E-state index is 12.3. The van der Waals surface area contributed by atoms with Crippen LogP contribution in [0.1, 0.15) is 17.4 Å². The first-order valence-electron chi connectivity index (χ1n) is 6.63. The molecule has 21 heavy (non-hydrogen) atoms. The van der Waals surface area contributed by atoms with E-state index in [1.165, 1.54) is 11.1 Å². The van der Waals surface area contributed by atoms with Gasteiger partial charge in [0.15, 0.2) is 0 Å². The zero-order valence-electron chi connectivity index (χ0n) is 12.3. The number of rotatable bonds is 5. The van der Waals surface area contributed by atoms with Gasteiger partial charge in [-0.05, 0) is 31.2 Å². The molecule has 2 rings (SSSR count). The van der Waals surface area contributed by atoms with Crippen LogP contribution >= 0.6 is 0 Å². The lowest BCUT2D eigenvalue weighted by Gasteiger charge is -2.17. The first kappa shape index (κ1) is 14.8. The van der Waals surface area contributed by atoms with Crippen LogP contribution in [0.25, 0.3) is 0 Å². The van der Waals surface area contributed by atoms with Crippen molar-refractivity contribution < 1.29 is 9.53 Å². The van der Waals surface area contributed by atoms with Crippen molar-refractivity contribution in [2.45, 2.75) is 6.92 Å². The molecule has 0 aliphatic heterocycles. The average molecular weight is 286 g/mol. The summed E-state index contributed by atoms with van der Waals surface area (Å²) in [4.78, 5) is 22.2. The summed E-state index contributed by atoms with van der Waals surface area (Å²) in [5.41, 5.74) is 1.06. The van der Waals surface area contributed by atoms with E-state index >= 15 is 0 Å². The molecule has 1 amide bonds. The van der Waals surface area contributed by atoms with Crippen molar-refractivity contribution in [3.05, 3.63) is 42.4 Å². The van der Waals surface area contributed by atoms with E-state index in [1.54, 1.807) is 32.5 Å². The Morgan fingerprint density at radius 3 is 2.48 bits per heavy atom. The molecule has 1 aromatic heterocycles. The molecule has 2 aromatic rings. The Balaban J connectivity index is 2.13. The average Bonchev–Trinajstić information content (AvgIpc) is 2.54. The summed E-state index contributed by atoms with van der Waals surface area (Å²) in [5, 5.41) is 3.03. The molecule has 6 nitrogen and oxygen atoms in total. The number of nitrogens with one attached hydrogen (secondary N) is 1. The third-order valence-corrected chi connectivity index (χ3v) is 2.99. The summed E-state index contributed by atoms with van der Waals surface area (Å²) in [6.45, 7) is 2.73. The zero-order valence-corrected chi connectivity index (χ0v) is 12.3. The minimum atomic E-state index is -0.212. The van der Waals surface area contributed by atoms with Gasteiger partial charge in [0.1, 0.15) is 17.3 Å². The quantitative estimate of drug-likeness (QED) is 0.912. The summed E-state index contributed by atoms with van der Waals surface area (Å²) >= 11 is 0. The number of hydrogen-bond donors (Lipinski definition) is 1. The smallest absolute Gasteiger partial charge is 0.278 e. The van der Waals surface area contributed by atoms with E-state index in [-0.39, 0.29) is 5.91 Å². The predicted octanol–water partition coefficient (Wildman–Crippen LogP) is 2.19. The molecule has 0 fully saturated rings. The summed E-state index contributed by atoms with van der Waals surface area (Å²) < 4.78 is 5.10. The Bertz CT molecular complexity index is 596. The normalized spacial score (nSPS) is 10.0. The number of hydrogen-bond acceptors (Lipinski definition) is 5. The van der Waals surface area contributed by atoms with Crippen molar-refractivity contribution in [2.24, 2.45) is 0 Å². The number of anilines is 2. The lowest BCUT2D eigenvalue weighted by atomic mass is 10.2. The largest absolute Gasteiger partial charge is 0.497 e. The molecule has 0 atom stereocenters. The topological polar surface area (TPSA) is 67.4 Å². The molecule has 6 heteroatoms. The number of ether oxygens (including phenoxy) is 1. The van der Waals surface area contributed by atoms with Gasteiger partial charge in [-0.2, -0.15) is 0 Å². The fourth-order valence-corrected chi connectivity index (χ4v) is 1.81. The maximum Gasteiger partial charge on any atom is 0.278 e. The van der Waals surface area contributed by atoms with Crippen LogP contribution in [0.5, 0.6) is 5.75 Å². The van der Waals surface area contributed by atoms with Crippen molar-refractivity contribution in [3.63, 3.8) is 0 Å². The first-order chi connectivity index (χ1) is 10.2. The van der Waals surface area contributed by atoms with Gasteiger partial charge in [-0.25, -0.2) is 9.97 Å². The van der Waals surface area contributed by atoms with Crippen LogP contribution in [0.4, 0.5) is 11.5 Å². The second kappa shape index (κ2) is 6.69. The number of benzene rings is 1. The SMILES string of the molecule is CCNc1cnc(C(=O)N(C)c2ccc(OC)cc2)cn1. The van der Waals surface area contributed by atoms with Gasteiger partial charge in [-0.3, -0.25) is 4.79 Å². The second-order valence-electron chi connectivity index (χ2n) is 4.38. The third kappa shape index (κ3) is 3.47. The summed E-state index contributed by atoms with van der Waals surface area (Å²) in [6.07, 6.45) is 3.03. The minimum absolute atomic E-state index is 0.212. The van der Waals surface area contributed by atoms with Gasteiger partial charge < -0.3 is 15.0 Å². The fraction of sp³-hybridized carbons (Fsp3) is 0.267. The van der Waals surface area contributed by atoms with Crippen LogP contribution < -0.4 is 15.0 Å². The van der Waals surface area contributed by atoms with Crippen LogP contribution in [0, 0.1) is 0 Å². The molecule has 0 radical (unpaired) electrons. The van der Waals surface area contributed by atoms with Gasteiger partial charge in [0.25, 0.3) is 5.91 Å². The number of aromatic nitrogens is 2. The minimum Gasteiger partial charge on any atom is -0.497 e. The van der Waals surface area contributed by atoms with Crippen molar-refractivity contribution in [1.82, 2.24) is 9.97 Å². The predicted molar refractivity (Wildman–Crippen MR) is 81.9 cm³/mol. The van der Waals surface area contributed by atoms with E-state index in [1.807, 2.05) is 19.1 Å². The van der Waals surface area contributed by atoms with E-state index in [9.17, 15) is 4.79 Å². The Morgan fingerprint density at radius 1 is 1.24 bits per heavy atom. The summed E-state index contributed by atoms with van der Waals surface area (Å²) in [7, 11) is 3.30. The van der Waals surface area contributed by atoms with Crippen LogP contribution in [0.15, 0.2) is 36.7 Å². The van der Waals surface area contributed by atoms with E-state index < -0.39 is 0 Å². The number of carbonyl (C=O) groups is 1.